The van der Waals surface area contributed by atoms with Crippen LogP contribution in [0, 0.1) is 6.92 Å². The molecule has 0 saturated carbocycles. The maximum Gasteiger partial charge on any atom is 0.221 e. The first-order chi connectivity index (χ1) is 8.97. The van der Waals surface area contributed by atoms with Gasteiger partial charge in [0.1, 0.15) is 5.78 Å². The Morgan fingerprint density at radius 2 is 1.79 bits per heavy atom. The predicted octanol–water partition coefficient (Wildman–Crippen LogP) is 3.65. The van der Waals surface area contributed by atoms with Crippen LogP contribution < -0.4 is 5.32 Å². The van der Waals surface area contributed by atoms with E-state index in [-0.39, 0.29) is 11.7 Å². The average Bonchev–Trinajstić information content (AvgIpc) is 2.26. The second-order valence-electron chi connectivity index (χ2n) is 5.15. The van der Waals surface area contributed by atoms with E-state index in [1.54, 1.807) is 6.92 Å². The number of ketones is 1. The molecule has 0 radical (unpaired) electrons. The van der Waals surface area contributed by atoms with E-state index in [0.29, 0.717) is 6.42 Å². The van der Waals surface area contributed by atoms with Crippen molar-refractivity contribution < 1.29 is 9.59 Å². The molecule has 0 fully saturated rings. The number of hydrogen-bond donors (Lipinski definition) is 1. The molecule has 3 heteroatoms. The van der Waals surface area contributed by atoms with Crippen LogP contribution in [-0.4, -0.2) is 11.7 Å². The minimum absolute atomic E-state index is 0.0435. The number of rotatable bonds is 7. The van der Waals surface area contributed by atoms with Crippen LogP contribution in [0.3, 0.4) is 0 Å². The zero-order valence-electron chi connectivity index (χ0n) is 12.1. The third kappa shape index (κ3) is 6.75. The van der Waals surface area contributed by atoms with Crippen molar-refractivity contribution in [1.82, 2.24) is 0 Å². The first kappa shape index (κ1) is 15.4. The lowest BCUT2D eigenvalue weighted by molar-refractivity contribution is -0.117. The van der Waals surface area contributed by atoms with Crippen molar-refractivity contribution in [1.29, 1.82) is 0 Å². The molecule has 0 aliphatic rings. The zero-order valence-corrected chi connectivity index (χ0v) is 12.1. The smallest absolute Gasteiger partial charge is 0.221 e. The van der Waals surface area contributed by atoms with E-state index in [4.69, 9.17) is 0 Å². The second kappa shape index (κ2) is 7.72. The summed E-state index contributed by atoms with van der Waals surface area (Å²) in [6.07, 6.45) is 4.80. The molecule has 3 nitrogen and oxygen atoms in total. The van der Waals surface area contributed by atoms with Crippen LogP contribution in [-0.2, 0) is 16.0 Å². The molecule has 104 valence electrons. The van der Waals surface area contributed by atoms with E-state index in [2.05, 4.69) is 11.4 Å². The molecular weight excluding hydrogens is 238 g/mol. The van der Waals surface area contributed by atoms with Crippen LogP contribution in [0.2, 0.25) is 0 Å². The Morgan fingerprint density at radius 3 is 2.42 bits per heavy atom. The van der Waals surface area contributed by atoms with Gasteiger partial charge in [-0.2, -0.15) is 0 Å². The van der Waals surface area contributed by atoms with E-state index < -0.39 is 0 Å². The van der Waals surface area contributed by atoms with Gasteiger partial charge < -0.3 is 10.1 Å². The molecule has 1 amide bonds. The number of aryl methyl sites for hydroxylation is 2. The fraction of sp³-hybridized carbons (Fsp3) is 0.500. The maximum atomic E-state index is 11.1. The number of carbonyl (C=O) groups excluding carboxylic acids is 2. The number of anilines is 1. The maximum absolute atomic E-state index is 11.1. The van der Waals surface area contributed by atoms with Gasteiger partial charge in [-0.25, -0.2) is 0 Å². The van der Waals surface area contributed by atoms with Crippen LogP contribution in [0.1, 0.15) is 50.7 Å². The van der Waals surface area contributed by atoms with Crippen molar-refractivity contribution in [2.45, 2.75) is 52.9 Å². The number of carbonyl (C=O) groups is 2. The number of hydrogen-bond acceptors (Lipinski definition) is 2. The molecule has 1 aromatic carbocycles. The third-order valence-corrected chi connectivity index (χ3v) is 2.95. The molecule has 1 N–H and O–H groups in total. The van der Waals surface area contributed by atoms with Crippen LogP contribution in [0.25, 0.3) is 0 Å². The Kier molecular flexibility index (Phi) is 6.26. The normalized spacial score (nSPS) is 10.3. The van der Waals surface area contributed by atoms with Gasteiger partial charge in [-0.1, -0.05) is 12.5 Å². The SMILES string of the molecule is CC(=O)CCCCCc1cc(C)cc(NC(C)=O)c1. The summed E-state index contributed by atoms with van der Waals surface area (Å²) in [6.45, 7) is 5.19. The quantitative estimate of drug-likeness (QED) is 0.762. The van der Waals surface area contributed by atoms with E-state index in [0.717, 1.165) is 36.9 Å². The summed E-state index contributed by atoms with van der Waals surface area (Å²) >= 11 is 0. The lowest BCUT2D eigenvalue weighted by Crippen LogP contribution is -2.06. The molecule has 1 rings (SSSR count). The van der Waals surface area contributed by atoms with Gasteiger partial charge in [0.05, 0.1) is 0 Å². The summed E-state index contributed by atoms with van der Waals surface area (Å²) in [6, 6.07) is 6.15. The number of unbranched alkanes of at least 4 members (excludes halogenated alkanes) is 2. The highest BCUT2D eigenvalue weighted by molar-refractivity contribution is 5.88. The van der Waals surface area contributed by atoms with E-state index >= 15 is 0 Å². The number of benzene rings is 1. The van der Waals surface area contributed by atoms with Gasteiger partial charge in [0, 0.05) is 19.0 Å². The highest BCUT2D eigenvalue weighted by Crippen LogP contribution is 2.17. The summed E-state index contributed by atoms with van der Waals surface area (Å²) in [7, 11) is 0. The Hall–Kier alpha value is -1.64. The summed E-state index contributed by atoms with van der Waals surface area (Å²) in [5.41, 5.74) is 3.27. The van der Waals surface area contributed by atoms with Crippen molar-refractivity contribution in [3.05, 3.63) is 29.3 Å². The van der Waals surface area contributed by atoms with Gasteiger partial charge in [-0.3, -0.25) is 4.79 Å². The van der Waals surface area contributed by atoms with Crippen LogP contribution in [0.5, 0.6) is 0 Å². The first-order valence-corrected chi connectivity index (χ1v) is 6.85. The summed E-state index contributed by atoms with van der Waals surface area (Å²) in [5.74, 6) is 0.224. The molecule has 0 aliphatic heterocycles. The molecule has 0 aromatic heterocycles. The van der Waals surface area contributed by atoms with Gasteiger partial charge in [0.2, 0.25) is 5.91 Å². The lowest BCUT2D eigenvalue weighted by Gasteiger charge is -2.08. The molecule has 0 heterocycles. The second-order valence-corrected chi connectivity index (χ2v) is 5.15. The van der Waals surface area contributed by atoms with Crippen LogP contribution in [0.4, 0.5) is 5.69 Å². The Balaban J connectivity index is 2.46. The van der Waals surface area contributed by atoms with Gasteiger partial charge >= 0.3 is 0 Å². The Labute approximate surface area is 115 Å². The third-order valence-electron chi connectivity index (χ3n) is 2.95. The highest BCUT2D eigenvalue weighted by atomic mass is 16.1. The molecule has 0 saturated heterocycles. The molecule has 0 spiro atoms. The number of amides is 1. The van der Waals surface area contributed by atoms with Crippen LogP contribution >= 0.6 is 0 Å². The molecule has 0 bridgehead atoms. The molecule has 0 aliphatic carbocycles. The molecule has 1 aromatic rings. The van der Waals surface area contributed by atoms with Gasteiger partial charge in [0.15, 0.2) is 0 Å². The summed E-state index contributed by atoms with van der Waals surface area (Å²) < 4.78 is 0. The lowest BCUT2D eigenvalue weighted by atomic mass is 10.0. The zero-order chi connectivity index (χ0) is 14.3. The molecule has 19 heavy (non-hydrogen) atoms. The largest absolute Gasteiger partial charge is 0.326 e. The standard InChI is InChI=1S/C16H23NO2/c1-12-9-15(8-6-4-5-7-13(2)18)11-16(10-12)17-14(3)19/h9-11H,4-8H2,1-3H3,(H,17,19). The van der Waals surface area contributed by atoms with Crippen molar-refractivity contribution in [3.63, 3.8) is 0 Å². The van der Waals surface area contributed by atoms with Crippen molar-refractivity contribution >= 4 is 17.4 Å². The van der Waals surface area contributed by atoms with Gasteiger partial charge in [-0.05, 0) is 56.4 Å². The Morgan fingerprint density at radius 1 is 1.05 bits per heavy atom. The monoisotopic (exact) mass is 261 g/mol. The molecular formula is C16H23NO2. The fourth-order valence-corrected chi connectivity index (χ4v) is 2.16. The van der Waals surface area contributed by atoms with E-state index in [1.165, 1.54) is 12.5 Å². The minimum Gasteiger partial charge on any atom is -0.326 e. The molecule has 0 atom stereocenters. The van der Waals surface area contributed by atoms with Crippen molar-refractivity contribution in [3.8, 4) is 0 Å². The average molecular weight is 261 g/mol. The van der Waals surface area contributed by atoms with Gasteiger partial charge in [-0.15, -0.1) is 0 Å². The number of Topliss-reactive ketones (excluding diaryl/α,β-unsaturated/α-hetero) is 1. The van der Waals surface area contributed by atoms with Gasteiger partial charge in [0.25, 0.3) is 0 Å². The minimum atomic E-state index is -0.0435. The first-order valence-electron chi connectivity index (χ1n) is 6.85. The topological polar surface area (TPSA) is 46.2 Å². The van der Waals surface area contributed by atoms with Crippen molar-refractivity contribution in [2.75, 3.05) is 5.32 Å². The van der Waals surface area contributed by atoms with E-state index in [1.807, 2.05) is 19.1 Å². The molecule has 0 unspecified atom stereocenters. The highest BCUT2D eigenvalue weighted by Gasteiger charge is 2.01. The van der Waals surface area contributed by atoms with Crippen LogP contribution in [0.15, 0.2) is 18.2 Å². The predicted molar refractivity (Wildman–Crippen MR) is 78.3 cm³/mol. The number of nitrogens with one attached hydrogen (secondary N) is 1. The summed E-state index contributed by atoms with van der Waals surface area (Å²) in [4.78, 5) is 21.9. The van der Waals surface area contributed by atoms with Crippen molar-refractivity contribution in [2.24, 2.45) is 0 Å². The van der Waals surface area contributed by atoms with E-state index in [9.17, 15) is 9.59 Å². The fourth-order valence-electron chi connectivity index (χ4n) is 2.16. The Bertz CT molecular complexity index is 452. The summed E-state index contributed by atoms with van der Waals surface area (Å²) in [5, 5.41) is 2.82.